The van der Waals surface area contributed by atoms with E-state index in [0.29, 0.717) is 72.7 Å². The number of hydrogen-bond acceptors (Lipinski definition) is 7. The van der Waals surface area contributed by atoms with Gasteiger partial charge in [-0.15, -0.1) is 0 Å². The molecule has 0 N–H and O–H groups in total. The lowest BCUT2D eigenvalue weighted by Gasteiger charge is -2.29. The molecule has 1 aliphatic rings. The van der Waals surface area contributed by atoms with E-state index >= 15 is 0 Å². The Hall–Kier alpha value is -4.44. The Morgan fingerprint density at radius 2 is 1.00 bits per heavy atom. The average molecular weight is 736 g/mol. The molecule has 7 nitrogen and oxygen atoms in total. The van der Waals surface area contributed by atoms with Gasteiger partial charge in [0, 0.05) is 19.6 Å². The van der Waals surface area contributed by atoms with Crippen molar-refractivity contribution in [3.05, 3.63) is 120 Å². The second-order valence-electron chi connectivity index (χ2n) is 15.1. The summed E-state index contributed by atoms with van der Waals surface area (Å²) in [6.07, 6.45) is 0. The molecule has 0 bridgehead atoms. The minimum atomic E-state index is -0.614. The summed E-state index contributed by atoms with van der Waals surface area (Å²) >= 11 is 0. The van der Waals surface area contributed by atoms with Crippen LogP contribution in [0.3, 0.4) is 0 Å². The Bertz CT molecular complexity index is 2480. The van der Waals surface area contributed by atoms with Gasteiger partial charge in [-0.1, -0.05) is 109 Å². The summed E-state index contributed by atoms with van der Waals surface area (Å²) in [6.45, 7) is 9.97. The monoisotopic (exact) mass is 735 g/mol. The molecule has 1 unspecified atom stereocenters. The molecule has 1 aliphatic heterocycles. The van der Waals surface area contributed by atoms with Crippen molar-refractivity contribution in [2.75, 3.05) is 79.2 Å². The predicted octanol–water partition coefficient (Wildman–Crippen LogP) is 9.36. The number of nitrogens with zero attached hydrogens (tertiary/aromatic N) is 1. The van der Waals surface area contributed by atoms with Gasteiger partial charge in [0.15, 0.2) is 0 Å². The molecule has 0 saturated carbocycles. The number of benzene rings is 8. The molecule has 1 heterocycles. The van der Waals surface area contributed by atoms with Crippen molar-refractivity contribution in [3.63, 3.8) is 0 Å². The maximum absolute atomic E-state index is 6.34. The van der Waals surface area contributed by atoms with Crippen molar-refractivity contribution < 1.29 is 28.4 Å². The van der Waals surface area contributed by atoms with E-state index in [-0.39, 0.29) is 0 Å². The highest BCUT2D eigenvalue weighted by Gasteiger charge is 2.26. The van der Waals surface area contributed by atoms with Crippen LogP contribution in [0.4, 0.5) is 0 Å². The van der Waals surface area contributed by atoms with Gasteiger partial charge in [0.05, 0.1) is 72.7 Å². The van der Waals surface area contributed by atoms with E-state index in [9.17, 15) is 0 Å². The summed E-state index contributed by atoms with van der Waals surface area (Å²) in [5, 5.41) is 15.6. The summed E-state index contributed by atoms with van der Waals surface area (Å²) in [5.74, 6) is 0. The Morgan fingerprint density at radius 1 is 0.509 bits per heavy atom. The van der Waals surface area contributed by atoms with E-state index in [2.05, 4.69) is 114 Å². The Kier molecular flexibility index (Phi) is 10.8. The van der Waals surface area contributed by atoms with E-state index in [0.717, 1.165) is 19.6 Å². The topological polar surface area (TPSA) is 58.6 Å². The maximum Gasteiger partial charge on any atom is 0.112 e. The first-order chi connectivity index (χ1) is 27.1. The normalized spacial score (nSPS) is 18.9. The van der Waals surface area contributed by atoms with E-state index < -0.39 is 5.60 Å². The van der Waals surface area contributed by atoms with Gasteiger partial charge >= 0.3 is 0 Å². The van der Waals surface area contributed by atoms with Crippen LogP contribution in [-0.4, -0.2) is 89.7 Å². The summed E-state index contributed by atoms with van der Waals surface area (Å²) < 4.78 is 36.8. The van der Waals surface area contributed by atoms with Crippen molar-refractivity contribution in [2.24, 2.45) is 0 Å². The molecular formula is C48H49NO6. The van der Waals surface area contributed by atoms with Gasteiger partial charge in [-0.05, 0) is 82.7 Å². The van der Waals surface area contributed by atoms with Crippen molar-refractivity contribution in [2.45, 2.75) is 25.7 Å². The zero-order chi connectivity index (χ0) is 37.0. The highest BCUT2D eigenvalue weighted by Crippen LogP contribution is 2.37. The van der Waals surface area contributed by atoms with Crippen LogP contribution >= 0.6 is 0 Å². The third-order valence-electron chi connectivity index (χ3n) is 11.2. The Balaban J connectivity index is 0.763. The Labute approximate surface area is 322 Å². The Morgan fingerprint density at radius 3 is 1.64 bits per heavy atom. The molecule has 282 valence electrons. The third-order valence-corrected chi connectivity index (χ3v) is 11.2. The van der Waals surface area contributed by atoms with Crippen LogP contribution in [0.1, 0.15) is 18.1 Å². The molecule has 55 heavy (non-hydrogen) atoms. The smallest absolute Gasteiger partial charge is 0.112 e. The molecule has 0 amide bonds. The van der Waals surface area contributed by atoms with Crippen molar-refractivity contribution in [3.8, 4) is 0 Å². The first-order valence-electron chi connectivity index (χ1n) is 19.7. The lowest BCUT2D eigenvalue weighted by Crippen LogP contribution is -2.41. The molecule has 1 fully saturated rings. The second kappa shape index (κ2) is 16.3. The molecule has 0 spiro atoms. The lowest BCUT2D eigenvalue weighted by atomic mass is 9.92. The average Bonchev–Trinajstić information content (AvgIpc) is 3.22. The molecule has 8 aromatic rings. The quantitative estimate of drug-likeness (QED) is 0.108. The molecule has 1 saturated heterocycles. The predicted molar refractivity (Wildman–Crippen MR) is 223 cm³/mol. The standard InChI is InChI=1S/C48H49NO6/c1-48(33-54-27-25-52-31-41-15-13-39-11-9-35-5-3-7-37-17-19-43(41)47(39)45(35)37)32-53-26-24-50-22-20-49(21-23-51-28-29-55-48)30-40-14-12-38-10-8-34-4-2-6-36-16-18-42(40)46(38)44(34)36/h2-19H,20-33H2,1H3. The zero-order valence-corrected chi connectivity index (χ0v) is 31.7. The fourth-order valence-corrected chi connectivity index (χ4v) is 8.42. The van der Waals surface area contributed by atoms with E-state index in [1.54, 1.807) is 0 Å². The summed E-state index contributed by atoms with van der Waals surface area (Å²) in [7, 11) is 0. The van der Waals surface area contributed by atoms with Gasteiger partial charge in [0.25, 0.3) is 0 Å². The lowest BCUT2D eigenvalue weighted by molar-refractivity contribution is -0.140. The van der Waals surface area contributed by atoms with Gasteiger partial charge in [-0.2, -0.15) is 0 Å². The zero-order valence-electron chi connectivity index (χ0n) is 31.7. The fourth-order valence-electron chi connectivity index (χ4n) is 8.42. The SMILES string of the molecule is CC1(COCCOCc2ccc3ccc4cccc5ccc2c3c45)COCCOCCN(Cc2ccc3ccc4cccc5ccc2c3c45)CCOCCO1. The fraction of sp³-hybridized carbons (Fsp3) is 0.333. The molecule has 9 rings (SSSR count). The molecule has 7 heteroatoms. The second-order valence-corrected chi connectivity index (χ2v) is 15.1. The van der Waals surface area contributed by atoms with E-state index in [4.69, 9.17) is 28.4 Å². The molecule has 0 aliphatic carbocycles. The van der Waals surface area contributed by atoms with Crippen molar-refractivity contribution in [1.82, 2.24) is 4.90 Å². The first-order valence-corrected chi connectivity index (χ1v) is 19.7. The number of hydrogen-bond donors (Lipinski definition) is 0. The first kappa shape index (κ1) is 36.2. The van der Waals surface area contributed by atoms with Crippen LogP contribution in [0, 0.1) is 0 Å². The highest BCUT2D eigenvalue weighted by molar-refractivity contribution is 6.24. The minimum absolute atomic E-state index is 0.392. The van der Waals surface area contributed by atoms with Crippen molar-refractivity contribution in [1.29, 1.82) is 0 Å². The highest BCUT2D eigenvalue weighted by atomic mass is 16.6. The van der Waals surface area contributed by atoms with Crippen molar-refractivity contribution >= 4 is 64.6 Å². The summed E-state index contributed by atoms with van der Waals surface area (Å²) in [5.41, 5.74) is 1.90. The molecule has 1 atom stereocenters. The maximum atomic E-state index is 6.34. The van der Waals surface area contributed by atoms with Crippen LogP contribution in [0.15, 0.2) is 109 Å². The van der Waals surface area contributed by atoms with Crippen LogP contribution in [0.25, 0.3) is 64.6 Å². The third kappa shape index (κ3) is 7.71. The van der Waals surface area contributed by atoms with E-state index in [1.165, 1.54) is 75.8 Å². The molecule has 8 aromatic carbocycles. The number of ether oxygens (including phenoxy) is 6. The van der Waals surface area contributed by atoms with Crippen LogP contribution < -0.4 is 0 Å². The van der Waals surface area contributed by atoms with Crippen LogP contribution in [-0.2, 0) is 41.6 Å². The van der Waals surface area contributed by atoms with Gasteiger partial charge < -0.3 is 28.4 Å². The van der Waals surface area contributed by atoms with Crippen LogP contribution in [0.5, 0.6) is 0 Å². The molecular weight excluding hydrogens is 687 g/mol. The summed E-state index contributed by atoms with van der Waals surface area (Å²) in [4.78, 5) is 2.43. The molecule has 0 aromatic heterocycles. The summed E-state index contributed by atoms with van der Waals surface area (Å²) in [6, 6.07) is 39.9. The number of rotatable bonds is 9. The van der Waals surface area contributed by atoms with Gasteiger partial charge in [-0.25, -0.2) is 0 Å². The minimum Gasteiger partial charge on any atom is -0.378 e. The van der Waals surface area contributed by atoms with Crippen LogP contribution in [0.2, 0.25) is 0 Å². The van der Waals surface area contributed by atoms with Gasteiger partial charge in [0.2, 0.25) is 0 Å². The van der Waals surface area contributed by atoms with Gasteiger partial charge in [0.1, 0.15) is 5.60 Å². The van der Waals surface area contributed by atoms with E-state index in [1.807, 2.05) is 6.92 Å². The van der Waals surface area contributed by atoms with Gasteiger partial charge in [-0.3, -0.25) is 4.90 Å². The molecule has 0 radical (unpaired) electrons. The largest absolute Gasteiger partial charge is 0.378 e.